The Morgan fingerprint density at radius 2 is 1.80 bits per heavy atom. The van der Waals surface area contributed by atoms with Gasteiger partial charge in [-0.3, -0.25) is 9.59 Å². The van der Waals surface area contributed by atoms with Crippen molar-refractivity contribution in [2.75, 3.05) is 5.32 Å². The number of fused-ring (bicyclic) bond motifs is 1. The Hall–Kier alpha value is -2.88. The maximum atomic E-state index is 12.8. The van der Waals surface area contributed by atoms with Gasteiger partial charge in [0.25, 0.3) is 0 Å². The molecule has 1 atom stereocenters. The molecular formula is C21H22N2O2. The Balaban J connectivity index is 1.95. The monoisotopic (exact) mass is 334 g/mol. The third-order valence-electron chi connectivity index (χ3n) is 4.56. The fraction of sp³-hybridized carbons (Fsp3) is 0.238. The van der Waals surface area contributed by atoms with Gasteiger partial charge in [-0.25, -0.2) is 0 Å². The van der Waals surface area contributed by atoms with Crippen LogP contribution in [0.3, 0.4) is 0 Å². The van der Waals surface area contributed by atoms with E-state index < -0.39 is 6.04 Å². The minimum Gasteiger partial charge on any atom is -0.335 e. The van der Waals surface area contributed by atoms with Gasteiger partial charge < -0.3 is 9.88 Å². The number of ketones is 1. The Kier molecular flexibility index (Phi) is 4.45. The standard InChI is InChI=1S/C21H22N2O2/c1-13-9-10-19(14(2)11-13)22-21(25)15(3)23-12-18(16(4)24)17-7-5-6-8-20(17)23/h5-12,15H,1-4H3,(H,22,25)/t15-/m1/s1. The zero-order valence-electron chi connectivity index (χ0n) is 15.0. The quantitative estimate of drug-likeness (QED) is 0.706. The summed E-state index contributed by atoms with van der Waals surface area (Å²) >= 11 is 0. The summed E-state index contributed by atoms with van der Waals surface area (Å²) in [4.78, 5) is 24.7. The molecule has 0 saturated heterocycles. The number of rotatable bonds is 4. The summed E-state index contributed by atoms with van der Waals surface area (Å²) in [6.45, 7) is 7.39. The van der Waals surface area contributed by atoms with Crippen LogP contribution in [0.25, 0.3) is 10.9 Å². The number of aryl methyl sites for hydroxylation is 2. The van der Waals surface area contributed by atoms with Crippen molar-refractivity contribution in [1.29, 1.82) is 0 Å². The molecule has 1 aromatic heterocycles. The molecule has 0 fully saturated rings. The number of carbonyl (C=O) groups excluding carboxylic acids is 2. The number of benzene rings is 2. The third kappa shape index (κ3) is 3.20. The molecule has 2 aromatic carbocycles. The lowest BCUT2D eigenvalue weighted by molar-refractivity contribution is -0.118. The highest BCUT2D eigenvalue weighted by Crippen LogP contribution is 2.26. The Morgan fingerprint density at radius 3 is 2.48 bits per heavy atom. The number of hydrogen-bond donors (Lipinski definition) is 1. The molecule has 0 aliphatic carbocycles. The molecule has 3 aromatic rings. The van der Waals surface area contributed by atoms with Crippen molar-refractivity contribution in [3.63, 3.8) is 0 Å². The second-order valence-electron chi connectivity index (χ2n) is 6.51. The van der Waals surface area contributed by atoms with E-state index in [9.17, 15) is 9.59 Å². The van der Waals surface area contributed by atoms with E-state index in [1.807, 2.05) is 67.8 Å². The van der Waals surface area contributed by atoms with Crippen LogP contribution in [0.1, 0.15) is 41.4 Å². The largest absolute Gasteiger partial charge is 0.335 e. The smallest absolute Gasteiger partial charge is 0.247 e. The fourth-order valence-electron chi connectivity index (χ4n) is 3.12. The van der Waals surface area contributed by atoms with Crippen LogP contribution in [0, 0.1) is 13.8 Å². The molecular weight excluding hydrogens is 312 g/mol. The minimum absolute atomic E-state index is 0.00284. The van der Waals surface area contributed by atoms with Crippen molar-refractivity contribution in [3.05, 3.63) is 65.4 Å². The molecule has 0 spiro atoms. The zero-order chi connectivity index (χ0) is 18.1. The average Bonchev–Trinajstić information content (AvgIpc) is 2.96. The summed E-state index contributed by atoms with van der Waals surface area (Å²) in [5.41, 5.74) is 4.52. The van der Waals surface area contributed by atoms with Gasteiger partial charge >= 0.3 is 0 Å². The lowest BCUT2D eigenvalue weighted by atomic mass is 10.1. The van der Waals surface area contributed by atoms with Crippen LogP contribution < -0.4 is 5.32 Å². The average molecular weight is 334 g/mol. The van der Waals surface area contributed by atoms with Gasteiger partial charge in [-0.15, -0.1) is 0 Å². The van der Waals surface area contributed by atoms with Gasteiger partial charge in [-0.2, -0.15) is 0 Å². The number of anilines is 1. The first-order valence-corrected chi connectivity index (χ1v) is 8.37. The van der Waals surface area contributed by atoms with Crippen molar-refractivity contribution >= 4 is 28.3 Å². The summed E-state index contributed by atoms with van der Waals surface area (Å²) in [6, 6.07) is 13.2. The van der Waals surface area contributed by atoms with Gasteiger partial charge in [0.1, 0.15) is 6.04 Å². The second-order valence-corrected chi connectivity index (χ2v) is 6.51. The predicted octanol–water partition coefficient (Wildman–Crippen LogP) is 4.66. The maximum Gasteiger partial charge on any atom is 0.247 e. The zero-order valence-corrected chi connectivity index (χ0v) is 15.0. The van der Waals surface area contributed by atoms with Gasteiger partial charge in [0.2, 0.25) is 5.91 Å². The molecule has 0 aliphatic heterocycles. The highest BCUT2D eigenvalue weighted by atomic mass is 16.2. The number of aromatic nitrogens is 1. The van der Waals surface area contributed by atoms with Crippen LogP contribution in [0.4, 0.5) is 5.69 Å². The van der Waals surface area contributed by atoms with Crippen molar-refractivity contribution < 1.29 is 9.59 Å². The molecule has 1 heterocycles. The van der Waals surface area contributed by atoms with Gasteiger partial charge in [-0.1, -0.05) is 35.9 Å². The molecule has 25 heavy (non-hydrogen) atoms. The van der Waals surface area contributed by atoms with E-state index in [4.69, 9.17) is 0 Å². The van der Waals surface area contributed by atoms with E-state index in [2.05, 4.69) is 5.32 Å². The van der Waals surface area contributed by atoms with Gasteiger partial charge in [0.05, 0.1) is 0 Å². The van der Waals surface area contributed by atoms with Crippen LogP contribution in [0.5, 0.6) is 0 Å². The molecule has 0 aliphatic rings. The fourth-order valence-corrected chi connectivity index (χ4v) is 3.12. The number of Topliss-reactive ketones (excluding diaryl/α,β-unsaturated/α-hetero) is 1. The maximum absolute atomic E-state index is 12.8. The number of carbonyl (C=O) groups is 2. The number of para-hydroxylation sites is 1. The lowest BCUT2D eigenvalue weighted by Crippen LogP contribution is -2.23. The molecule has 0 bridgehead atoms. The highest BCUT2D eigenvalue weighted by molar-refractivity contribution is 6.07. The molecule has 4 heteroatoms. The number of nitrogens with zero attached hydrogens (tertiary/aromatic N) is 1. The summed E-state index contributed by atoms with van der Waals surface area (Å²) < 4.78 is 1.87. The van der Waals surface area contributed by atoms with E-state index >= 15 is 0 Å². The SMILES string of the molecule is CC(=O)c1cn([C@H](C)C(=O)Nc2ccc(C)cc2C)c2ccccc12. The van der Waals surface area contributed by atoms with Crippen molar-refractivity contribution in [3.8, 4) is 0 Å². The normalized spacial score (nSPS) is 12.2. The van der Waals surface area contributed by atoms with E-state index in [0.29, 0.717) is 5.56 Å². The minimum atomic E-state index is -0.432. The number of nitrogens with one attached hydrogen (secondary N) is 1. The van der Waals surface area contributed by atoms with Crippen molar-refractivity contribution in [2.24, 2.45) is 0 Å². The first kappa shape index (κ1) is 17.0. The Morgan fingerprint density at radius 1 is 1.08 bits per heavy atom. The molecule has 1 amide bonds. The molecule has 4 nitrogen and oxygen atoms in total. The summed E-state index contributed by atoms with van der Waals surface area (Å²) in [6.07, 6.45) is 1.78. The molecule has 128 valence electrons. The molecule has 3 rings (SSSR count). The third-order valence-corrected chi connectivity index (χ3v) is 4.56. The van der Waals surface area contributed by atoms with Crippen LogP contribution in [0.2, 0.25) is 0 Å². The van der Waals surface area contributed by atoms with Gasteiger partial charge in [0, 0.05) is 28.4 Å². The van der Waals surface area contributed by atoms with Gasteiger partial charge in [-0.05, 0) is 45.4 Å². The molecule has 1 N–H and O–H groups in total. The predicted molar refractivity (Wildman–Crippen MR) is 101 cm³/mol. The van der Waals surface area contributed by atoms with Crippen molar-refractivity contribution in [1.82, 2.24) is 4.57 Å². The number of amides is 1. The first-order chi connectivity index (χ1) is 11.9. The molecule has 0 saturated carbocycles. The summed E-state index contributed by atoms with van der Waals surface area (Å²) in [5, 5.41) is 3.87. The van der Waals surface area contributed by atoms with Crippen LogP contribution in [0.15, 0.2) is 48.7 Å². The molecule has 0 radical (unpaired) electrons. The summed E-state index contributed by atoms with van der Waals surface area (Å²) in [5.74, 6) is -0.111. The van der Waals surface area contributed by atoms with Gasteiger partial charge in [0.15, 0.2) is 5.78 Å². The van der Waals surface area contributed by atoms with Crippen LogP contribution in [-0.2, 0) is 4.79 Å². The summed E-state index contributed by atoms with van der Waals surface area (Å²) in [7, 11) is 0. The topological polar surface area (TPSA) is 51.1 Å². The number of hydrogen-bond acceptors (Lipinski definition) is 2. The van der Waals surface area contributed by atoms with E-state index in [1.165, 1.54) is 0 Å². The van der Waals surface area contributed by atoms with Crippen molar-refractivity contribution in [2.45, 2.75) is 33.7 Å². The first-order valence-electron chi connectivity index (χ1n) is 8.37. The van der Waals surface area contributed by atoms with Crippen LogP contribution in [-0.4, -0.2) is 16.3 Å². The lowest BCUT2D eigenvalue weighted by Gasteiger charge is -2.16. The Labute approximate surface area is 147 Å². The highest BCUT2D eigenvalue weighted by Gasteiger charge is 2.20. The second kappa shape index (κ2) is 6.55. The van der Waals surface area contributed by atoms with Crippen LogP contribution >= 0.6 is 0 Å². The Bertz CT molecular complexity index is 969. The van der Waals surface area contributed by atoms with E-state index in [1.54, 1.807) is 13.1 Å². The van der Waals surface area contributed by atoms with E-state index in [0.717, 1.165) is 27.7 Å². The van der Waals surface area contributed by atoms with E-state index in [-0.39, 0.29) is 11.7 Å². The molecule has 0 unspecified atom stereocenters.